The molecular weight excluding hydrogens is 258 g/mol. The number of aliphatic carboxylic acids is 1. The van der Waals surface area contributed by atoms with Crippen molar-refractivity contribution < 1.29 is 14.4 Å². The van der Waals surface area contributed by atoms with Crippen LogP contribution in [0.5, 0.6) is 0 Å². The Labute approximate surface area is 119 Å². The first-order valence-corrected chi connectivity index (χ1v) is 7.07. The van der Waals surface area contributed by atoms with E-state index < -0.39 is 12.0 Å². The molecular formula is C14H23N3O3. The SMILES string of the molecule is CC1CCN(Cc2noc(C(C)(C)C)n2)C(C(=O)O)C1. The Hall–Kier alpha value is -1.43. The van der Waals surface area contributed by atoms with Gasteiger partial charge in [-0.2, -0.15) is 4.98 Å². The van der Waals surface area contributed by atoms with Crippen molar-refractivity contribution in [1.82, 2.24) is 15.0 Å². The number of rotatable bonds is 3. The van der Waals surface area contributed by atoms with Crippen LogP contribution in [-0.4, -0.2) is 38.7 Å². The molecule has 1 fully saturated rings. The summed E-state index contributed by atoms with van der Waals surface area (Å²) in [5, 5.41) is 13.3. The van der Waals surface area contributed by atoms with Gasteiger partial charge in [-0.25, -0.2) is 0 Å². The van der Waals surface area contributed by atoms with Crippen LogP contribution < -0.4 is 0 Å². The van der Waals surface area contributed by atoms with Gasteiger partial charge < -0.3 is 9.63 Å². The average Bonchev–Trinajstić information content (AvgIpc) is 2.79. The number of aromatic nitrogens is 2. The normalized spacial score (nSPS) is 24.8. The van der Waals surface area contributed by atoms with Crippen LogP contribution in [0.3, 0.4) is 0 Å². The quantitative estimate of drug-likeness (QED) is 0.913. The lowest BCUT2D eigenvalue weighted by Crippen LogP contribution is -2.46. The highest BCUT2D eigenvalue weighted by atomic mass is 16.5. The van der Waals surface area contributed by atoms with Crippen LogP contribution in [0.2, 0.25) is 0 Å². The second-order valence-corrected chi connectivity index (χ2v) is 6.72. The molecule has 2 unspecified atom stereocenters. The molecule has 1 aliphatic rings. The summed E-state index contributed by atoms with van der Waals surface area (Å²) in [6.45, 7) is 9.31. The van der Waals surface area contributed by atoms with Crippen LogP contribution in [0.1, 0.15) is 52.3 Å². The molecule has 1 aliphatic heterocycles. The number of piperidine rings is 1. The van der Waals surface area contributed by atoms with E-state index in [0.29, 0.717) is 30.6 Å². The summed E-state index contributed by atoms with van der Waals surface area (Å²) in [5.74, 6) is 0.833. The minimum absolute atomic E-state index is 0.187. The first kappa shape index (κ1) is 15.0. The number of nitrogens with zero attached hydrogens (tertiary/aromatic N) is 3. The van der Waals surface area contributed by atoms with Gasteiger partial charge in [0.1, 0.15) is 6.04 Å². The molecule has 2 rings (SSSR count). The van der Waals surface area contributed by atoms with Gasteiger partial charge in [0.2, 0.25) is 5.89 Å². The molecule has 0 saturated carbocycles. The summed E-state index contributed by atoms with van der Waals surface area (Å²) in [6, 6.07) is -0.449. The van der Waals surface area contributed by atoms with Crippen LogP contribution in [0.4, 0.5) is 0 Å². The third-order valence-electron chi connectivity index (χ3n) is 3.71. The molecule has 6 heteroatoms. The Morgan fingerprint density at radius 3 is 2.75 bits per heavy atom. The predicted molar refractivity (Wildman–Crippen MR) is 73.2 cm³/mol. The van der Waals surface area contributed by atoms with E-state index in [-0.39, 0.29) is 5.41 Å². The molecule has 112 valence electrons. The average molecular weight is 281 g/mol. The van der Waals surface area contributed by atoms with E-state index in [1.54, 1.807) is 0 Å². The minimum atomic E-state index is -0.768. The summed E-state index contributed by atoms with van der Waals surface area (Å²) in [5.41, 5.74) is -0.187. The van der Waals surface area contributed by atoms with Crippen molar-refractivity contribution in [3.8, 4) is 0 Å². The van der Waals surface area contributed by atoms with Gasteiger partial charge in [0.15, 0.2) is 5.82 Å². The Morgan fingerprint density at radius 1 is 1.50 bits per heavy atom. The van der Waals surface area contributed by atoms with E-state index >= 15 is 0 Å². The van der Waals surface area contributed by atoms with Gasteiger partial charge in [-0.1, -0.05) is 32.9 Å². The van der Waals surface area contributed by atoms with Crippen molar-refractivity contribution in [1.29, 1.82) is 0 Å². The fourth-order valence-corrected chi connectivity index (χ4v) is 2.44. The molecule has 0 radical (unpaired) electrons. The highest BCUT2D eigenvalue weighted by Gasteiger charge is 2.33. The maximum atomic E-state index is 11.4. The highest BCUT2D eigenvalue weighted by Crippen LogP contribution is 2.25. The second kappa shape index (κ2) is 5.52. The third kappa shape index (κ3) is 3.36. The summed E-state index contributed by atoms with van der Waals surface area (Å²) in [4.78, 5) is 17.7. The minimum Gasteiger partial charge on any atom is -0.480 e. The highest BCUT2D eigenvalue weighted by molar-refractivity contribution is 5.73. The van der Waals surface area contributed by atoms with Crippen molar-refractivity contribution in [3.05, 3.63) is 11.7 Å². The summed E-state index contributed by atoms with van der Waals surface area (Å²) < 4.78 is 5.25. The van der Waals surface area contributed by atoms with Gasteiger partial charge >= 0.3 is 5.97 Å². The van der Waals surface area contributed by atoms with Gasteiger partial charge in [0.05, 0.1) is 6.54 Å². The smallest absolute Gasteiger partial charge is 0.320 e. The molecule has 0 aromatic carbocycles. The van der Waals surface area contributed by atoms with Crippen molar-refractivity contribution in [2.45, 2.75) is 58.5 Å². The van der Waals surface area contributed by atoms with Crippen LogP contribution >= 0.6 is 0 Å². The van der Waals surface area contributed by atoms with Gasteiger partial charge in [-0.3, -0.25) is 9.69 Å². The number of carbonyl (C=O) groups is 1. The Kier molecular flexibility index (Phi) is 4.13. The van der Waals surface area contributed by atoms with Crippen molar-refractivity contribution >= 4 is 5.97 Å². The van der Waals surface area contributed by atoms with Gasteiger partial charge in [0, 0.05) is 5.41 Å². The summed E-state index contributed by atoms with van der Waals surface area (Å²) >= 11 is 0. The van der Waals surface area contributed by atoms with Gasteiger partial charge in [0.25, 0.3) is 0 Å². The van der Waals surface area contributed by atoms with Crippen molar-refractivity contribution in [3.63, 3.8) is 0 Å². The lowest BCUT2D eigenvalue weighted by atomic mass is 9.92. The first-order chi connectivity index (χ1) is 9.27. The standard InChI is InChI=1S/C14H23N3O3/c1-9-5-6-17(10(7-9)12(18)19)8-11-15-13(20-16-11)14(2,3)4/h9-10H,5-8H2,1-4H3,(H,18,19). The maximum absolute atomic E-state index is 11.4. The number of hydrogen-bond donors (Lipinski definition) is 1. The number of likely N-dealkylation sites (tertiary alicyclic amines) is 1. The summed E-state index contributed by atoms with van der Waals surface area (Å²) in [7, 11) is 0. The van der Waals surface area contributed by atoms with Crippen LogP contribution in [-0.2, 0) is 16.8 Å². The van der Waals surface area contributed by atoms with E-state index in [4.69, 9.17) is 4.52 Å². The first-order valence-electron chi connectivity index (χ1n) is 7.07. The lowest BCUT2D eigenvalue weighted by molar-refractivity contribution is -0.145. The number of hydrogen-bond acceptors (Lipinski definition) is 5. The zero-order valence-electron chi connectivity index (χ0n) is 12.6. The molecule has 1 saturated heterocycles. The van der Waals surface area contributed by atoms with Crippen molar-refractivity contribution in [2.24, 2.45) is 5.92 Å². The molecule has 0 amide bonds. The Bertz CT molecular complexity index is 478. The second-order valence-electron chi connectivity index (χ2n) is 6.72. The zero-order chi connectivity index (χ0) is 14.9. The molecule has 20 heavy (non-hydrogen) atoms. The molecule has 2 heterocycles. The molecule has 1 aromatic rings. The van der Waals surface area contributed by atoms with E-state index in [0.717, 1.165) is 13.0 Å². The fourth-order valence-electron chi connectivity index (χ4n) is 2.44. The predicted octanol–water partition coefficient (Wildman–Crippen LogP) is 2.05. The van der Waals surface area contributed by atoms with E-state index in [9.17, 15) is 9.90 Å². The third-order valence-corrected chi connectivity index (χ3v) is 3.71. The Morgan fingerprint density at radius 2 is 2.20 bits per heavy atom. The molecule has 0 spiro atoms. The molecule has 6 nitrogen and oxygen atoms in total. The van der Waals surface area contributed by atoms with E-state index in [2.05, 4.69) is 17.1 Å². The largest absolute Gasteiger partial charge is 0.480 e. The van der Waals surface area contributed by atoms with E-state index in [1.807, 2.05) is 25.7 Å². The summed E-state index contributed by atoms with van der Waals surface area (Å²) in [6.07, 6.45) is 1.69. The molecule has 1 N–H and O–H groups in total. The van der Waals surface area contributed by atoms with Gasteiger partial charge in [-0.15, -0.1) is 0 Å². The maximum Gasteiger partial charge on any atom is 0.320 e. The molecule has 0 bridgehead atoms. The topological polar surface area (TPSA) is 79.5 Å². The fraction of sp³-hybridized carbons (Fsp3) is 0.786. The Balaban J connectivity index is 2.08. The zero-order valence-corrected chi connectivity index (χ0v) is 12.6. The van der Waals surface area contributed by atoms with Crippen LogP contribution in [0.15, 0.2) is 4.52 Å². The van der Waals surface area contributed by atoms with E-state index in [1.165, 1.54) is 0 Å². The lowest BCUT2D eigenvalue weighted by Gasteiger charge is -2.35. The van der Waals surface area contributed by atoms with Gasteiger partial charge in [-0.05, 0) is 25.3 Å². The molecule has 0 aliphatic carbocycles. The number of carboxylic acids is 1. The number of carboxylic acid groups (broad SMARTS) is 1. The molecule has 1 aromatic heterocycles. The van der Waals surface area contributed by atoms with Crippen molar-refractivity contribution in [2.75, 3.05) is 6.54 Å². The molecule has 2 atom stereocenters. The van der Waals surface area contributed by atoms with Crippen LogP contribution in [0.25, 0.3) is 0 Å². The van der Waals surface area contributed by atoms with Crippen LogP contribution in [0, 0.1) is 5.92 Å². The monoisotopic (exact) mass is 281 g/mol.